The van der Waals surface area contributed by atoms with Crippen LogP contribution < -0.4 is 5.32 Å². The van der Waals surface area contributed by atoms with Crippen molar-refractivity contribution < 1.29 is 19.1 Å². The fourth-order valence-electron chi connectivity index (χ4n) is 1.06. The predicted molar refractivity (Wildman–Crippen MR) is 46.0 cm³/mol. The average Bonchev–Trinajstić information content (AvgIpc) is 2.13. The van der Waals surface area contributed by atoms with Crippen LogP contribution in [0.1, 0.15) is 11.6 Å². The number of carboxylic acids is 1. The zero-order valence-electron chi connectivity index (χ0n) is 7.11. The molecule has 0 saturated carbocycles. The number of carbonyl (C=O) groups is 2. The number of benzene rings is 1. The standard InChI is InChI=1S/C9H8FNO3/c10-7-3-1-2-6(4-7)8(9(13)14)11-5-12/h1-5,8H,(H,11,12)(H,13,14)/t8-/m1/s1. The molecule has 1 atom stereocenters. The van der Waals surface area contributed by atoms with E-state index < -0.39 is 17.8 Å². The van der Waals surface area contributed by atoms with Gasteiger partial charge in [0.2, 0.25) is 6.41 Å². The van der Waals surface area contributed by atoms with Gasteiger partial charge in [0.15, 0.2) is 6.04 Å². The van der Waals surface area contributed by atoms with Crippen LogP contribution in [0.4, 0.5) is 4.39 Å². The van der Waals surface area contributed by atoms with E-state index >= 15 is 0 Å². The van der Waals surface area contributed by atoms with Crippen molar-refractivity contribution in [1.29, 1.82) is 0 Å². The number of carbonyl (C=O) groups excluding carboxylic acids is 1. The number of halogens is 1. The normalized spacial score (nSPS) is 11.8. The van der Waals surface area contributed by atoms with E-state index in [9.17, 15) is 14.0 Å². The van der Waals surface area contributed by atoms with E-state index in [1.807, 2.05) is 0 Å². The molecular formula is C9H8FNO3. The molecule has 0 unspecified atom stereocenters. The second kappa shape index (κ2) is 4.36. The van der Waals surface area contributed by atoms with Crippen molar-refractivity contribution in [2.24, 2.45) is 0 Å². The Morgan fingerprint density at radius 1 is 1.57 bits per heavy atom. The highest BCUT2D eigenvalue weighted by molar-refractivity contribution is 5.78. The first-order chi connectivity index (χ1) is 6.65. The molecular weight excluding hydrogens is 189 g/mol. The zero-order valence-corrected chi connectivity index (χ0v) is 7.11. The van der Waals surface area contributed by atoms with Gasteiger partial charge >= 0.3 is 5.97 Å². The molecule has 2 N–H and O–H groups in total. The van der Waals surface area contributed by atoms with Crippen LogP contribution in [0.15, 0.2) is 24.3 Å². The minimum absolute atomic E-state index is 0.199. The first kappa shape index (κ1) is 10.2. The third-order valence-electron chi connectivity index (χ3n) is 1.66. The topological polar surface area (TPSA) is 66.4 Å². The molecule has 1 aromatic rings. The second-order valence-electron chi connectivity index (χ2n) is 2.61. The minimum atomic E-state index is -1.23. The molecule has 0 fully saturated rings. The van der Waals surface area contributed by atoms with Crippen LogP contribution in [0.25, 0.3) is 0 Å². The lowest BCUT2D eigenvalue weighted by molar-refractivity contribution is -0.140. The summed E-state index contributed by atoms with van der Waals surface area (Å²) in [6.45, 7) is 0. The molecule has 5 heteroatoms. The molecule has 1 rings (SSSR count). The first-order valence-corrected chi connectivity index (χ1v) is 3.83. The summed E-state index contributed by atoms with van der Waals surface area (Å²) < 4.78 is 12.7. The van der Waals surface area contributed by atoms with Gasteiger partial charge in [0, 0.05) is 0 Å². The van der Waals surface area contributed by atoms with E-state index in [1.165, 1.54) is 18.2 Å². The van der Waals surface area contributed by atoms with Crippen LogP contribution in [0.5, 0.6) is 0 Å². The highest BCUT2D eigenvalue weighted by atomic mass is 19.1. The molecule has 0 aliphatic heterocycles. The van der Waals surface area contributed by atoms with Crippen molar-refractivity contribution in [2.75, 3.05) is 0 Å². The van der Waals surface area contributed by atoms with Gasteiger partial charge in [-0.2, -0.15) is 0 Å². The lowest BCUT2D eigenvalue weighted by Crippen LogP contribution is -2.27. The minimum Gasteiger partial charge on any atom is -0.479 e. The van der Waals surface area contributed by atoms with E-state index in [0.717, 1.165) is 6.07 Å². The van der Waals surface area contributed by atoms with Crippen LogP contribution in [0.3, 0.4) is 0 Å². The lowest BCUT2D eigenvalue weighted by Gasteiger charge is -2.10. The summed E-state index contributed by atoms with van der Waals surface area (Å²) in [6.07, 6.45) is 0.268. The summed E-state index contributed by atoms with van der Waals surface area (Å²) in [4.78, 5) is 20.8. The maximum absolute atomic E-state index is 12.7. The van der Waals surface area contributed by atoms with E-state index in [1.54, 1.807) is 0 Å². The summed E-state index contributed by atoms with van der Waals surface area (Å²) in [7, 11) is 0. The van der Waals surface area contributed by atoms with Gasteiger partial charge in [-0.3, -0.25) is 4.79 Å². The van der Waals surface area contributed by atoms with Gasteiger partial charge in [0.1, 0.15) is 5.82 Å². The fraction of sp³-hybridized carbons (Fsp3) is 0.111. The summed E-state index contributed by atoms with van der Waals surface area (Å²) >= 11 is 0. The molecule has 4 nitrogen and oxygen atoms in total. The molecule has 1 amide bonds. The number of carboxylic acid groups (broad SMARTS) is 1. The third-order valence-corrected chi connectivity index (χ3v) is 1.66. The Bertz CT molecular complexity index is 354. The Hall–Kier alpha value is -1.91. The number of aliphatic carboxylic acids is 1. The van der Waals surface area contributed by atoms with E-state index in [-0.39, 0.29) is 12.0 Å². The highest BCUT2D eigenvalue weighted by Gasteiger charge is 2.18. The smallest absolute Gasteiger partial charge is 0.330 e. The van der Waals surface area contributed by atoms with Crippen LogP contribution in [-0.2, 0) is 9.59 Å². The van der Waals surface area contributed by atoms with Crippen LogP contribution in [0.2, 0.25) is 0 Å². The number of hydrogen-bond acceptors (Lipinski definition) is 2. The van der Waals surface area contributed by atoms with E-state index in [4.69, 9.17) is 5.11 Å². The quantitative estimate of drug-likeness (QED) is 0.698. The van der Waals surface area contributed by atoms with Gasteiger partial charge in [-0.15, -0.1) is 0 Å². The highest BCUT2D eigenvalue weighted by Crippen LogP contribution is 2.13. The zero-order chi connectivity index (χ0) is 10.6. The molecule has 1 aromatic carbocycles. The summed E-state index contributed by atoms with van der Waals surface area (Å²) in [5.41, 5.74) is 0.199. The summed E-state index contributed by atoms with van der Waals surface area (Å²) in [6, 6.07) is 3.87. The van der Waals surface area contributed by atoms with Crippen LogP contribution in [-0.4, -0.2) is 17.5 Å². The molecule has 0 radical (unpaired) electrons. The Labute approximate surface area is 79.4 Å². The largest absolute Gasteiger partial charge is 0.479 e. The van der Waals surface area contributed by atoms with Crippen molar-refractivity contribution in [2.45, 2.75) is 6.04 Å². The summed E-state index contributed by atoms with van der Waals surface area (Å²) in [5, 5.41) is 10.8. The Kier molecular flexibility index (Phi) is 3.17. The SMILES string of the molecule is O=CN[C@@H](C(=O)O)c1cccc(F)c1. The average molecular weight is 197 g/mol. The molecule has 0 bridgehead atoms. The van der Waals surface area contributed by atoms with Crippen LogP contribution in [0, 0.1) is 5.82 Å². The van der Waals surface area contributed by atoms with Crippen molar-refractivity contribution in [3.63, 3.8) is 0 Å². The van der Waals surface area contributed by atoms with Gasteiger partial charge < -0.3 is 10.4 Å². The fourth-order valence-corrected chi connectivity index (χ4v) is 1.06. The van der Waals surface area contributed by atoms with E-state index in [0.29, 0.717) is 0 Å². The lowest BCUT2D eigenvalue weighted by atomic mass is 10.1. The first-order valence-electron chi connectivity index (χ1n) is 3.83. The number of hydrogen-bond donors (Lipinski definition) is 2. The monoisotopic (exact) mass is 197 g/mol. The molecule has 14 heavy (non-hydrogen) atoms. The predicted octanol–water partition coefficient (Wildman–Crippen LogP) is 0.697. The van der Waals surface area contributed by atoms with Crippen molar-refractivity contribution >= 4 is 12.4 Å². The molecule has 0 aliphatic carbocycles. The molecule has 0 aliphatic rings. The molecule has 0 aromatic heterocycles. The number of rotatable bonds is 4. The van der Waals surface area contributed by atoms with Crippen molar-refractivity contribution in [1.82, 2.24) is 5.32 Å². The van der Waals surface area contributed by atoms with Crippen LogP contribution >= 0.6 is 0 Å². The van der Waals surface area contributed by atoms with Gasteiger partial charge in [0.05, 0.1) is 0 Å². The van der Waals surface area contributed by atoms with Crippen molar-refractivity contribution in [3.05, 3.63) is 35.6 Å². The number of amides is 1. The third kappa shape index (κ3) is 2.29. The molecule has 0 saturated heterocycles. The van der Waals surface area contributed by atoms with Gasteiger partial charge in [0.25, 0.3) is 0 Å². The molecule has 0 spiro atoms. The Balaban J connectivity index is 2.98. The molecule has 0 heterocycles. The van der Waals surface area contributed by atoms with E-state index in [2.05, 4.69) is 5.32 Å². The number of nitrogens with one attached hydrogen (secondary N) is 1. The van der Waals surface area contributed by atoms with Crippen molar-refractivity contribution in [3.8, 4) is 0 Å². The molecule has 74 valence electrons. The van der Waals surface area contributed by atoms with Gasteiger partial charge in [-0.25, -0.2) is 9.18 Å². The Morgan fingerprint density at radius 2 is 2.29 bits per heavy atom. The maximum Gasteiger partial charge on any atom is 0.330 e. The summed E-state index contributed by atoms with van der Waals surface area (Å²) in [5.74, 6) is -1.77. The van der Waals surface area contributed by atoms with Gasteiger partial charge in [-0.05, 0) is 17.7 Å². The second-order valence-corrected chi connectivity index (χ2v) is 2.61. The Morgan fingerprint density at radius 3 is 2.79 bits per heavy atom. The maximum atomic E-state index is 12.7. The van der Waals surface area contributed by atoms with Gasteiger partial charge in [-0.1, -0.05) is 12.1 Å².